The zero-order valence-corrected chi connectivity index (χ0v) is 26.0. The standard InChI is InChI=1S/C31H32ClF2N7O6/c32-22-6-23-20(10-36-39-23)24-19(22)2-1-4-45-30(43)47-18-13-40(3-5-44-14-18)28-21-9-35-27(24)25(34)26(21)37-29(38-28)46-15-31-7-16(33)11-41(31)12-17(42)8-31/h6,9-10,16-18,42H,1-5,7-8,11-15H2,(H,36,39)/t16-,17-,18?,31?/m1/s1. The molecule has 4 aromatic rings. The molecule has 9 rings (SSSR count). The maximum Gasteiger partial charge on any atom is 0.508 e. The monoisotopic (exact) mass is 671 g/mol. The number of alkyl halides is 1. The van der Waals surface area contributed by atoms with Crippen molar-refractivity contribution in [3.63, 3.8) is 0 Å². The van der Waals surface area contributed by atoms with E-state index in [1.54, 1.807) is 12.3 Å². The van der Waals surface area contributed by atoms with Gasteiger partial charge >= 0.3 is 12.2 Å². The SMILES string of the molecule is O=C1OCCCc2c(Cl)cc3[nH]ncc3c2-c2ncc3c(nc(OCC45C[C@@H](O)CN4C[C@H](F)C5)nc3c2F)N2CCOCC(C2)O1. The van der Waals surface area contributed by atoms with Gasteiger partial charge in [0.15, 0.2) is 5.82 Å². The van der Waals surface area contributed by atoms with Gasteiger partial charge in [-0.15, -0.1) is 0 Å². The summed E-state index contributed by atoms with van der Waals surface area (Å²) in [5, 5.41) is 18.7. The zero-order valence-electron chi connectivity index (χ0n) is 25.3. The van der Waals surface area contributed by atoms with E-state index in [1.807, 2.05) is 9.80 Å². The highest BCUT2D eigenvalue weighted by atomic mass is 35.5. The lowest BCUT2D eigenvalue weighted by Crippen LogP contribution is -2.43. The van der Waals surface area contributed by atoms with Crippen LogP contribution in [0.5, 0.6) is 6.01 Å². The van der Waals surface area contributed by atoms with Crippen LogP contribution in [0.25, 0.3) is 33.1 Å². The molecule has 0 saturated carbocycles. The number of rotatable bonds is 3. The summed E-state index contributed by atoms with van der Waals surface area (Å²) in [5.74, 6) is -0.405. The molecule has 3 fully saturated rings. The number of nitrogens with zero attached hydrogens (tertiary/aromatic N) is 6. The Balaban J connectivity index is 1.29. The molecule has 6 bridgehead atoms. The van der Waals surface area contributed by atoms with Crippen molar-refractivity contribution in [1.82, 2.24) is 30.0 Å². The third-order valence-electron chi connectivity index (χ3n) is 9.47. The van der Waals surface area contributed by atoms with Crippen LogP contribution in [0, 0.1) is 5.82 Å². The van der Waals surface area contributed by atoms with Crippen molar-refractivity contribution >= 4 is 45.4 Å². The van der Waals surface area contributed by atoms with Crippen LogP contribution in [0.3, 0.4) is 0 Å². The first-order valence-corrected chi connectivity index (χ1v) is 16.0. The molecular weight excluding hydrogens is 640 g/mol. The number of aromatic nitrogens is 5. The van der Waals surface area contributed by atoms with Crippen LogP contribution in [0.4, 0.5) is 19.4 Å². The lowest BCUT2D eigenvalue weighted by Gasteiger charge is -2.31. The molecule has 0 spiro atoms. The highest BCUT2D eigenvalue weighted by molar-refractivity contribution is 6.33. The maximum absolute atomic E-state index is 17.0. The third kappa shape index (κ3) is 5.48. The van der Waals surface area contributed by atoms with Crippen molar-refractivity contribution in [3.8, 4) is 17.3 Å². The summed E-state index contributed by atoms with van der Waals surface area (Å²) in [6, 6.07) is 1.59. The molecule has 8 heterocycles. The number of hydrogen-bond donors (Lipinski definition) is 2. The fourth-order valence-electron chi connectivity index (χ4n) is 7.42. The Morgan fingerprint density at radius 2 is 2.06 bits per heavy atom. The number of benzene rings is 1. The number of H-pyrrole nitrogens is 1. The van der Waals surface area contributed by atoms with Gasteiger partial charge < -0.3 is 29.0 Å². The Hall–Kier alpha value is -3.92. The van der Waals surface area contributed by atoms with Crippen LogP contribution < -0.4 is 9.64 Å². The first-order valence-electron chi connectivity index (χ1n) is 15.6. The van der Waals surface area contributed by atoms with Crippen LogP contribution in [-0.2, 0) is 20.6 Å². The maximum atomic E-state index is 17.0. The average molecular weight is 672 g/mol. The van der Waals surface area contributed by atoms with Gasteiger partial charge in [0.05, 0.1) is 55.1 Å². The second-order valence-corrected chi connectivity index (χ2v) is 13.0. The first-order chi connectivity index (χ1) is 22.8. The predicted octanol–water partition coefficient (Wildman–Crippen LogP) is 3.59. The summed E-state index contributed by atoms with van der Waals surface area (Å²) in [5.41, 5.74) is 0.885. The molecule has 16 heteroatoms. The minimum absolute atomic E-state index is 0.00373. The van der Waals surface area contributed by atoms with E-state index in [2.05, 4.69) is 20.2 Å². The lowest BCUT2D eigenvalue weighted by atomic mass is 9.94. The predicted molar refractivity (Wildman–Crippen MR) is 165 cm³/mol. The van der Waals surface area contributed by atoms with E-state index in [0.29, 0.717) is 70.6 Å². The summed E-state index contributed by atoms with van der Waals surface area (Å²) in [7, 11) is 0. The summed E-state index contributed by atoms with van der Waals surface area (Å²) in [4.78, 5) is 30.2. The Morgan fingerprint density at radius 1 is 1.17 bits per heavy atom. The smallest absolute Gasteiger partial charge is 0.461 e. The van der Waals surface area contributed by atoms with E-state index < -0.39 is 35.9 Å². The summed E-state index contributed by atoms with van der Waals surface area (Å²) in [6.07, 6.45) is 1.16. The Kier molecular flexibility index (Phi) is 7.73. The number of hydrogen-bond acceptors (Lipinski definition) is 12. The molecule has 0 amide bonds. The van der Waals surface area contributed by atoms with Gasteiger partial charge in [0, 0.05) is 48.2 Å². The molecule has 0 aliphatic carbocycles. The van der Waals surface area contributed by atoms with Gasteiger partial charge in [-0.2, -0.15) is 15.1 Å². The van der Waals surface area contributed by atoms with Crippen LogP contribution >= 0.6 is 11.6 Å². The molecule has 5 aliphatic heterocycles. The van der Waals surface area contributed by atoms with E-state index in [0.717, 1.165) is 0 Å². The van der Waals surface area contributed by atoms with E-state index in [4.69, 9.17) is 35.5 Å². The number of carbonyl (C=O) groups is 1. The third-order valence-corrected chi connectivity index (χ3v) is 9.81. The van der Waals surface area contributed by atoms with Gasteiger partial charge in [0.2, 0.25) is 0 Å². The fraction of sp³-hybridized carbons (Fsp3) is 0.516. The zero-order chi connectivity index (χ0) is 32.3. The number of fused-ring (bicyclic) bond motifs is 8. The Labute approximate surface area is 272 Å². The van der Waals surface area contributed by atoms with Crippen LogP contribution in [0.2, 0.25) is 5.02 Å². The molecule has 248 valence electrons. The summed E-state index contributed by atoms with van der Waals surface area (Å²) in [6.45, 7) is 1.52. The van der Waals surface area contributed by atoms with Gasteiger partial charge in [0.1, 0.15) is 35.9 Å². The van der Waals surface area contributed by atoms with E-state index in [9.17, 15) is 14.3 Å². The number of β-amino-alcohol motifs (C(OH)–C–C–N with tert-alkyl or cyclic N) is 1. The summed E-state index contributed by atoms with van der Waals surface area (Å²) >= 11 is 6.74. The van der Waals surface area contributed by atoms with Gasteiger partial charge in [-0.3, -0.25) is 15.0 Å². The van der Waals surface area contributed by atoms with Crippen molar-refractivity contribution in [3.05, 3.63) is 34.9 Å². The Morgan fingerprint density at radius 3 is 2.96 bits per heavy atom. The number of anilines is 1. The Bertz CT molecular complexity index is 1850. The largest absolute Gasteiger partial charge is 0.508 e. The van der Waals surface area contributed by atoms with Crippen molar-refractivity contribution in [2.45, 2.75) is 49.6 Å². The van der Waals surface area contributed by atoms with Crippen LogP contribution in [0.15, 0.2) is 18.5 Å². The molecule has 2 N–H and O–H groups in total. The van der Waals surface area contributed by atoms with Crippen LogP contribution in [-0.4, -0.2) is 118 Å². The molecular formula is C31H32ClF2N7O6. The number of ether oxygens (including phenoxy) is 4. The fourth-order valence-corrected chi connectivity index (χ4v) is 7.72. The number of pyridine rings is 1. The molecule has 3 aromatic heterocycles. The highest BCUT2D eigenvalue weighted by Crippen LogP contribution is 2.42. The van der Waals surface area contributed by atoms with Crippen LogP contribution in [0.1, 0.15) is 24.8 Å². The quantitative estimate of drug-likeness (QED) is 0.307. The van der Waals surface area contributed by atoms with Crippen molar-refractivity contribution in [1.29, 1.82) is 0 Å². The molecule has 4 atom stereocenters. The van der Waals surface area contributed by atoms with Crippen molar-refractivity contribution < 1.29 is 37.6 Å². The number of carbonyl (C=O) groups excluding carboxylic acids is 1. The minimum atomic E-state index is -1.05. The molecule has 13 nitrogen and oxygen atoms in total. The first kappa shape index (κ1) is 30.4. The van der Waals surface area contributed by atoms with Gasteiger partial charge in [-0.25, -0.2) is 13.6 Å². The van der Waals surface area contributed by atoms with E-state index in [1.165, 1.54) is 6.20 Å². The molecule has 0 radical (unpaired) electrons. The van der Waals surface area contributed by atoms with E-state index >= 15 is 4.39 Å². The van der Waals surface area contributed by atoms with Gasteiger partial charge in [-0.05, 0) is 30.9 Å². The van der Waals surface area contributed by atoms with Crippen molar-refractivity contribution in [2.75, 3.05) is 57.5 Å². The van der Waals surface area contributed by atoms with Gasteiger partial charge in [0.25, 0.3) is 0 Å². The molecule has 47 heavy (non-hydrogen) atoms. The summed E-state index contributed by atoms with van der Waals surface area (Å²) < 4.78 is 54.4. The average Bonchev–Trinajstić information content (AvgIpc) is 3.64. The number of nitrogens with one attached hydrogen (secondary N) is 1. The second-order valence-electron chi connectivity index (χ2n) is 12.6. The molecule has 1 aromatic carbocycles. The molecule has 3 saturated heterocycles. The topological polar surface area (TPSA) is 148 Å². The van der Waals surface area contributed by atoms with Gasteiger partial charge in [-0.1, -0.05) is 11.6 Å². The number of aliphatic hydroxyl groups is 1. The number of halogens is 3. The highest BCUT2D eigenvalue weighted by Gasteiger charge is 2.52. The number of aromatic amines is 1. The normalized spacial score (nSPS) is 26.8. The second kappa shape index (κ2) is 12.0. The minimum Gasteiger partial charge on any atom is -0.461 e. The lowest BCUT2D eigenvalue weighted by molar-refractivity contribution is -0.00448. The van der Waals surface area contributed by atoms with E-state index in [-0.39, 0.29) is 63.2 Å². The molecule has 5 aliphatic rings. The van der Waals surface area contributed by atoms with Crippen molar-refractivity contribution in [2.24, 2.45) is 0 Å². The molecule has 2 unspecified atom stereocenters. The number of aliphatic hydroxyl groups excluding tert-OH is 1.